The van der Waals surface area contributed by atoms with Gasteiger partial charge in [-0.25, -0.2) is 9.59 Å². The van der Waals surface area contributed by atoms with E-state index >= 15 is 0 Å². The predicted octanol–water partition coefficient (Wildman–Crippen LogP) is 2.70. The molecule has 0 radical (unpaired) electrons. The van der Waals surface area contributed by atoms with Crippen LogP contribution in [-0.4, -0.2) is 28.1 Å². The first-order chi connectivity index (χ1) is 12.6. The number of anilines is 1. The van der Waals surface area contributed by atoms with Crippen molar-refractivity contribution in [2.45, 2.75) is 26.4 Å². The van der Waals surface area contributed by atoms with Crippen LogP contribution in [0.25, 0.3) is 11.0 Å². The van der Waals surface area contributed by atoms with Gasteiger partial charge < -0.3 is 10.1 Å². The predicted molar refractivity (Wildman–Crippen MR) is 101 cm³/mol. The minimum absolute atomic E-state index is 0.119. The highest BCUT2D eigenvalue weighted by molar-refractivity contribution is 7.12. The first-order valence-electron chi connectivity index (χ1n) is 8.20. The van der Waals surface area contributed by atoms with E-state index in [0.717, 1.165) is 11.0 Å². The van der Waals surface area contributed by atoms with E-state index in [-0.39, 0.29) is 24.6 Å². The highest BCUT2D eigenvalue weighted by Gasteiger charge is 2.17. The minimum atomic E-state index is -0.488. The van der Waals surface area contributed by atoms with Crippen molar-refractivity contribution < 1.29 is 14.3 Å². The molecule has 0 aliphatic heterocycles. The van der Waals surface area contributed by atoms with Gasteiger partial charge in [0.1, 0.15) is 4.88 Å². The molecule has 0 aliphatic rings. The first kappa shape index (κ1) is 17.9. The molecule has 26 heavy (non-hydrogen) atoms. The van der Waals surface area contributed by atoms with Crippen molar-refractivity contribution in [1.29, 1.82) is 0 Å². The Labute approximate surface area is 153 Å². The molecule has 3 aromatic rings. The van der Waals surface area contributed by atoms with Gasteiger partial charge in [0.2, 0.25) is 5.91 Å². The molecule has 1 N–H and O–H groups in total. The SMILES string of the molecule is CCn1c(=O)n(CCC(=O)Nc2ccsc2C(=O)OC)c2ccccc21. The van der Waals surface area contributed by atoms with Gasteiger partial charge in [-0.05, 0) is 30.5 Å². The molecule has 2 aromatic heterocycles. The number of carbonyl (C=O) groups excluding carboxylic acids is 2. The molecule has 0 fully saturated rings. The van der Waals surface area contributed by atoms with Crippen LogP contribution in [0.2, 0.25) is 0 Å². The lowest BCUT2D eigenvalue weighted by molar-refractivity contribution is -0.116. The standard InChI is InChI=1S/C18H19N3O4S/c1-3-20-13-6-4-5-7-14(13)21(18(20)24)10-8-15(22)19-12-9-11-26-16(12)17(23)25-2/h4-7,9,11H,3,8,10H2,1-2H3,(H,19,22). The van der Waals surface area contributed by atoms with E-state index in [1.54, 1.807) is 20.6 Å². The Balaban J connectivity index is 1.76. The fourth-order valence-electron chi connectivity index (χ4n) is 2.88. The van der Waals surface area contributed by atoms with Crippen molar-refractivity contribution in [1.82, 2.24) is 9.13 Å². The summed E-state index contributed by atoms with van der Waals surface area (Å²) in [4.78, 5) is 36.9. The number of nitrogens with one attached hydrogen (secondary N) is 1. The Bertz CT molecular complexity index is 1020. The third-order valence-electron chi connectivity index (χ3n) is 4.11. The summed E-state index contributed by atoms with van der Waals surface area (Å²) in [7, 11) is 1.30. The Kier molecular flexibility index (Phi) is 5.22. The summed E-state index contributed by atoms with van der Waals surface area (Å²) >= 11 is 1.20. The van der Waals surface area contributed by atoms with Crippen LogP contribution in [0.5, 0.6) is 0 Å². The average Bonchev–Trinajstić information content (AvgIpc) is 3.21. The molecule has 0 bridgehead atoms. The van der Waals surface area contributed by atoms with Gasteiger partial charge in [-0.15, -0.1) is 11.3 Å². The smallest absolute Gasteiger partial charge is 0.350 e. The maximum absolute atomic E-state index is 12.6. The van der Waals surface area contributed by atoms with E-state index in [1.807, 2.05) is 31.2 Å². The van der Waals surface area contributed by atoms with Crippen LogP contribution in [0, 0.1) is 0 Å². The fraction of sp³-hybridized carbons (Fsp3) is 0.278. The number of hydrogen-bond acceptors (Lipinski definition) is 5. The normalized spacial score (nSPS) is 10.8. The largest absolute Gasteiger partial charge is 0.465 e. The molecule has 8 heteroatoms. The number of aromatic nitrogens is 2. The van der Waals surface area contributed by atoms with E-state index in [1.165, 1.54) is 18.4 Å². The number of hydrogen-bond donors (Lipinski definition) is 1. The van der Waals surface area contributed by atoms with Gasteiger partial charge >= 0.3 is 11.7 Å². The van der Waals surface area contributed by atoms with Crippen LogP contribution in [0.4, 0.5) is 5.69 Å². The van der Waals surface area contributed by atoms with E-state index in [2.05, 4.69) is 5.32 Å². The molecular weight excluding hydrogens is 354 g/mol. The fourth-order valence-corrected chi connectivity index (χ4v) is 3.64. The molecule has 0 aliphatic carbocycles. The van der Waals surface area contributed by atoms with Gasteiger partial charge in [0.05, 0.1) is 23.8 Å². The lowest BCUT2D eigenvalue weighted by Gasteiger charge is -2.06. The summed E-state index contributed by atoms with van der Waals surface area (Å²) in [5, 5.41) is 4.42. The highest BCUT2D eigenvalue weighted by Crippen LogP contribution is 2.23. The van der Waals surface area contributed by atoms with E-state index in [4.69, 9.17) is 4.74 Å². The van der Waals surface area contributed by atoms with Crippen molar-refractivity contribution in [2.75, 3.05) is 12.4 Å². The second kappa shape index (κ2) is 7.57. The summed E-state index contributed by atoms with van der Waals surface area (Å²) < 4.78 is 7.98. The molecule has 7 nitrogen and oxygen atoms in total. The van der Waals surface area contributed by atoms with Crippen LogP contribution in [0.15, 0.2) is 40.5 Å². The van der Waals surface area contributed by atoms with Crippen LogP contribution in [0.1, 0.15) is 23.0 Å². The molecule has 0 atom stereocenters. The number of methoxy groups -OCH3 is 1. The zero-order valence-electron chi connectivity index (χ0n) is 14.5. The lowest BCUT2D eigenvalue weighted by atomic mass is 10.3. The second-order valence-electron chi connectivity index (χ2n) is 5.62. The second-order valence-corrected chi connectivity index (χ2v) is 6.54. The van der Waals surface area contributed by atoms with Crippen LogP contribution >= 0.6 is 11.3 Å². The highest BCUT2D eigenvalue weighted by atomic mass is 32.1. The molecule has 136 valence electrons. The number of imidazole rings is 1. The summed E-state index contributed by atoms with van der Waals surface area (Å²) in [5.74, 6) is -0.758. The number of thiophene rings is 1. The molecule has 1 amide bonds. The molecule has 2 heterocycles. The lowest BCUT2D eigenvalue weighted by Crippen LogP contribution is -2.25. The van der Waals surface area contributed by atoms with Crippen molar-refractivity contribution in [3.63, 3.8) is 0 Å². The van der Waals surface area contributed by atoms with Gasteiger partial charge in [-0.2, -0.15) is 0 Å². The third kappa shape index (κ3) is 3.28. The Morgan fingerprint density at radius 3 is 2.50 bits per heavy atom. The van der Waals surface area contributed by atoms with Crippen molar-refractivity contribution in [2.24, 2.45) is 0 Å². The molecule has 0 unspecified atom stereocenters. The molecular formula is C18H19N3O4S. The molecule has 3 rings (SSSR count). The Morgan fingerprint density at radius 1 is 1.15 bits per heavy atom. The van der Waals surface area contributed by atoms with Gasteiger partial charge in [-0.1, -0.05) is 12.1 Å². The number of para-hydroxylation sites is 2. The number of aryl methyl sites for hydroxylation is 2. The number of fused-ring (bicyclic) bond motifs is 1. The van der Waals surface area contributed by atoms with E-state index < -0.39 is 5.97 Å². The van der Waals surface area contributed by atoms with Crippen LogP contribution < -0.4 is 11.0 Å². The van der Waals surface area contributed by atoms with Gasteiger partial charge in [0.15, 0.2) is 0 Å². The van der Waals surface area contributed by atoms with Crippen molar-refractivity contribution >= 4 is 39.9 Å². The van der Waals surface area contributed by atoms with Gasteiger partial charge in [0, 0.05) is 19.5 Å². The van der Waals surface area contributed by atoms with Crippen LogP contribution in [0.3, 0.4) is 0 Å². The quantitative estimate of drug-likeness (QED) is 0.674. The summed E-state index contributed by atoms with van der Waals surface area (Å²) in [6, 6.07) is 9.17. The van der Waals surface area contributed by atoms with Crippen molar-refractivity contribution in [3.8, 4) is 0 Å². The van der Waals surface area contributed by atoms with Crippen molar-refractivity contribution in [3.05, 3.63) is 51.1 Å². The number of esters is 1. The Hall–Kier alpha value is -2.87. The topological polar surface area (TPSA) is 82.3 Å². The number of rotatable bonds is 6. The van der Waals surface area contributed by atoms with Gasteiger partial charge in [0.25, 0.3) is 0 Å². The first-order valence-corrected chi connectivity index (χ1v) is 9.08. The molecule has 0 saturated heterocycles. The summed E-state index contributed by atoms with van der Waals surface area (Å²) in [6.07, 6.45) is 0.119. The number of amides is 1. The maximum atomic E-state index is 12.6. The van der Waals surface area contributed by atoms with Gasteiger partial charge in [-0.3, -0.25) is 13.9 Å². The monoisotopic (exact) mass is 373 g/mol. The number of nitrogens with zero attached hydrogens (tertiary/aromatic N) is 2. The summed E-state index contributed by atoms with van der Waals surface area (Å²) in [5.41, 5.74) is 1.95. The van der Waals surface area contributed by atoms with E-state index in [9.17, 15) is 14.4 Å². The Morgan fingerprint density at radius 2 is 1.85 bits per heavy atom. The number of carbonyl (C=O) groups is 2. The maximum Gasteiger partial charge on any atom is 0.350 e. The molecule has 0 spiro atoms. The summed E-state index contributed by atoms with van der Waals surface area (Å²) in [6.45, 7) is 2.74. The molecule has 0 saturated carbocycles. The zero-order chi connectivity index (χ0) is 18.7. The average molecular weight is 373 g/mol. The third-order valence-corrected chi connectivity index (χ3v) is 5.01. The van der Waals surface area contributed by atoms with Crippen LogP contribution in [-0.2, 0) is 22.6 Å². The number of benzene rings is 1. The van der Waals surface area contributed by atoms with E-state index in [0.29, 0.717) is 17.1 Å². The zero-order valence-corrected chi connectivity index (χ0v) is 15.3. The number of ether oxygens (including phenoxy) is 1. The molecule has 1 aromatic carbocycles. The minimum Gasteiger partial charge on any atom is -0.465 e.